The Morgan fingerprint density at radius 2 is 0.516 bits per heavy atom. The molecule has 0 atom stereocenters. The van der Waals surface area contributed by atoms with Crippen molar-refractivity contribution in [3.63, 3.8) is 0 Å². The van der Waals surface area contributed by atoms with E-state index in [1.54, 1.807) is 0 Å². The largest absolute Gasteiger partial charge is 0.300 e. The maximum Gasteiger partial charge on any atom is 0.132 e. The highest BCUT2D eigenvalue weighted by Gasteiger charge is 2.02. The van der Waals surface area contributed by atoms with Crippen molar-refractivity contribution in [2.75, 3.05) is 0 Å². The Morgan fingerprint density at radius 1 is 0.323 bits per heavy atom. The quantitative estimate of drug-likeness (QED) is 0.117. The van der Waals surface area contributed by atoms with Crippen LogP contribution in [0, 0.1) is 0 Å². The lowest BCUT2D eigenvalue weighted by Gasteiger charge is -2.04. The van der Waals surface area contributed by atoms with Gasteiger partial charge in [0.1, 0.15) is 5.78 Å². The topological polar surface area (TPSA) is 17.1 Å². The fraction of sp³-hybridized carbons (Fsp3) is 0.967. The fourth-order valence-electron chi connectivity index (χ4n) is 4.63. The molecular formula is C30H60O. The second kappa shape index (κ2) is 27.7. The van der Waals surface area contributed by atoms with E-state index in [1.807, 2.05) is 0 Å². The van der Waals surface area contributed by atoms with Crippen LogP contribution in [0.2, 0.25) is 0 Å². The summed E-state index contributed by atoms with van der Waals surface area (Å²) in [5.41, 5.74) is 0. The summed E-state index contributed by atoms with van der Waals surface area (Å²) in [5.74, 6) is 0.522. The molecule has 0 aromatic heterocycles. The average molecular weight is 437 g/mol. The molecule has 0 saturated carbocycles. The Labute approximate surface area is 197 Å². The number of hydrogen-bond donors (Lipinski definition) is 0. The van der Waals surface area contributed by atoms with Crippen LogP contribution in [0.5, 0.6) is 0 Å². The van der Waals surface area contributed by atoms with Crippen LogP contribution in [0.1, 0.15) is 187 Å². The zero-order valence-electron chi connectivity index (χ0n) is 22.0. The van der Waals surface area contributed by atoms with Crippen molar-refractivity contribution in [2.24, 2.45) is 0 Å². The van der Waals surface area contributed by atoms with Gasteiger partial charge in [0.25, 0.3) is 0 Å². The van der Waals surface area contributed by atoms with Crippen molar-refractivity contribution in [3.05, 3.63) is 0 Å². The second-order valence-electron chi connectivity index (χ2n) is 10.2. The lowest BCUT2D eigenvalue weighted by molar-refractivity contribution is -0.119. The van der Waals surface area contributed by atoms with E-state index in [4.69, 9.17) is 0 Å². The summed E-state index contributed by atoms with van der Waals surface area (Å²) in [6, 6.07) is 0. The molecule has 0 aromatic rings. The van der Waals surface area contributed by atoms with E-state index >= 15 is 0 Å². The van der Waals surface area contributed by atoms with Crippen LogP contribution in [0.4, 0.5) is 0 Å². The first-order valence-corrected chi connectivity index (χ1v) is 14.8. The van der Waals surface area contributed by atoms with Gasteiger partial charge < -0.3 is 0 Å². The average Bonchev–Trinajstić information content (AvgIpc) is 2.77. The number of Topliss-reactive ketones (excluding diaryl/α,β-unsaturated/α-hetero) is 1. The predicted octanol–water partition coefficient (Wildman–Crippen LogP) is 11.1. The van der Waals surface area contributed by atoms with Crippen molar-refractivity contribution < 1.29 is 4.79 Å². The smallest absolute Gasteiger partial charge is 0.132 e. The van der Waals surface area contributed by atoms with Gasteiger partial charge in [-0.15, -0.1) is 0 Å². The number of rotatable bonds is 27. The molecular weight excluding hydrogens is 376 g/mol. The lowest BCUT2D eigenvalue weighted by atomic mass is 10.0. The van der Waals surface area contributed by atoms with Gasteiger partial charge in [-0.2, -0.15) is 0 Å². The minimum atomic E-state index is 0.522. The van der Waals surface area contributed by atoms with Gasteiger partial charge in [0.05, 0.1) is 0 Å². The molecule has 0 aliphatic rings. The molecule has 0 saturated heterocycles. The number of unbranched alkanes of at least 4 members (excludes halogenated alkanes) is 23. The monoisotopic (exact) mass is 436 g/mol. The Kier molecular flexibility index (Phi) is 27.4. The molecule has 0 aliphatic heterocycles. The first-order valence-electron chi connectivity index (χ1n) is 14.8. The van der Waals surface area contributed by atoms with Gasteiger partial charge in [-0.25, -0.2) is 0 Å². The van der Waals surface area contributed by atoms with E-state index in [0.717, 1.165) is 25.7 Å². The van der Waals surface area contributed by atoms with Gasteiger partial charge in [-0.1, -0.05) is 162 Å². The summed E-state index contributed by atoms with van der Waals surface area (Å²) < 4.78 is 0. The van der Waals surface area contributed by atoms with Crippen LogP contribution < -0.4 is 0 Å². The number of ketones is 1. The minimum Gasteiger partial charge on any atom is -0.300 e. The highest BCUT2D eigenvalue weighted by molar-refractivity contribution is 5.78. The molecule has 0 bridgehead atoms. The van der Waals surface area contributed by atoms with Crippen LogP contribution in [-0.4, -0.2) is 5.78 Å². The number of hydrogen-bond acceptors (Lipinski definition) is 1. The van der Waals surface area contributed by atoms with E-state index in [9.17, 15) is 4.79 Å². The van der Waals surface area contributed by atoms with Gasteiger partial charge in [0.15, 0.2) is 0 Å². The van der Waals surface area contributed by atoms with Gasteiger partial charge in [-0.3, -0.25) is 4.79 Å². The summed E-state index contributed by atoms with van der Waals surface area (Å²) in [4.78, 5) is 12.0. The second-order valence-corrected chi connectivity index (χ2v) is 10.2. The van der Waals surface area contributed by atoms with Gasteiger partial charge in [0.2, 0.25) is 0 Å². The minimum absolute atomic E-state index is 0.522. The lowest BCUT2D eigenvalue weighted by Crippen LogP contribution is -1.97. The van der Waals surface area contributed by atoms with Crippen molar-refractivity contribution in [1.82, 2.24) is 0 Å². The molecule has 31 heavy (non-hydrogen) atoms. The first-order chi connectivity index (χ1) is 15.3. The Morgan fingerprint density at radius 3 is 0.742 bits per heavy atom. The fourth-order valence-corrected chi connectivity index (χ4v) is 4.63. The van der Waals surface area contributed by atoms with Crippen LogP contribution >= 0.6 is 0 Å². The van der Waals surface area contributed by atoms with Crippen LogP contribution in [0.25, 0.3) is 0 Å². The molecule has 0 N–H and O–H groups in total. The Balaban J connectivity index is 3.13. The van der Waals surface area contributed by atoms with E-state index in [1.165, 1.54) is 148 Å². The first kappa shape index (κ1) is 30.7. The molecule has 0 heterocycles. The molecule has 0 spiro atoms. The van der Waals surface area contributed by atoms with Gasteiger partial charge >= 0.3 is 0 Å². The SMILES string of the molecule is CCCCCCCCCCCCCCCCCC(=O)CCCCCCCCCCCC. The van der Waals surface area contributed by atoms with E-state index in [-0.39, 0.29) is 0 Å². The zero-order chi connectivity index (χ0) is 22.7. The summed E-state index contributed by atoms with van der Waals surface area (Å²) in [7, 11) is 0. The summed E-state index contributed by atoms with van der Waals surface area (Å²) >= 11 is 0. The molecule has 186 valence electrons. The molecule has 1 heteroatoms. The molecule has 0 unspecified atom stereocenters. The molecule has 0 radical (unpaired) electrons. The highest BCUT2D eigenvalue weighted by atomic mass is 16.1. The molecule has 0 aliphatic carbocycles. The van der Waals surface area contributed by atoms with Crippen molar-refractivity contribution in [2.45, 2.75) is 187 Å². The zero-order valence-corrected chi connectivity index (χ0v) is 22.0. The molecule has 0 aromatic carbocycles. The van der Waals surface area contributed by atoms with Crippen molar-refractivity contribution >= 4 is 5.78 Å². The van der Waals surface area contributed by atoms with Crippen LogP contribution in [-0.2, 0) is 4.79 Å². The summed E-state index contributed by atoms with van der Waals surface area (Å²) in [6.45, 7) is 4.57. The van der Waals surface area contributed by atoms with Gasteiger partial charge in [0, 0.05) is 12.8 Å². The Bertz CT molecular complexity index is 335. The Hall–Kier alpha value is -0.330. The van der Waals surface area contributed by atoms with E-state index in [0.29, 0.717) is 5.78 Å². The third-order valence-corrected chi connectivity index (χ3v) is 6.87. The predicted molar refractivity (Wildman–Crippen MR) is 141 cm³/mol. The van der Waals surface area contributed by atoms with E-state index in [2.05, 4.69) is 13.8 Å². The molecule has 0 amide bonds. The maximum absolute atomic E-state index is 12.0. The van der Waals surface area contributed by atoms with Gasteiger partial charge in [-0.05, 0) is 12.8 Å². The summed E-state index contributed by atoms with van der Waals surface area (Å²) in [5, 5.41) is 0. The number of carbonyl (C=O) groups excluding carboxylic acids is 1. The van der Waals surface area contributed by atoms with Crippen LogP contribution in [0.15, 0.2) is 0 Å². The maximum atomic E-state index is 12.0. The number of carbonyl (C=O) groups is 1. The van der Waals surface area contributed by atoms with Crippen LogP contribution in [0.3, 0.4) is 0 Å². The third-order valence-electron chi connectivity index (χ3n) is 6.87. The normalized spacial score (nSPS) is 11.3. The molecule has 0 fully saturated rings. The highest BCUT2D eigenvalue weighted by Crippen LogP contribution is 2.15. The van der Waals surface area contributed by atoms with Crippen molar-refractivity contribution in [1.29, 1.82) is 0 Å². The van der Waals surface area contributed by atoms with Crippen molar-refractivity contribution in [3.8, 4) is 0 Å². The molecule has 0 rings (SSSR count). The third kappa shape index (κ3) is 27.6. The standard InChI is InChI=1S/C30H60O/c1-3-5-7-9-11-13-15-16-17-18-19-21-23-25-27-29-30(31)28-26-24-22-20-14-12-10-8-6-4-2/h3-29H2,1-2H3. The van der Waals surface area contributed by atoms with E-state index < -0.39 is 0 Å². The molecule has 1 nitrogen and oxygen atoms in total. The summed E-state index contributed by atoms with van der Waals surface area (Å²) in [6.07, 6.45) is 36.1.